The van der Waals surface area contributed by atoms with Crippen molar-refractivity contribution >= 4 is 19.8 Å². The average Bonchev–Trinajstić information content (AvgIpc) is 3.28. The smallest absolute Gasteiger partial charge is 0.462 e. The van der Waals surface area contributed by atoms with Crippen molar-refractivity contribution in [2.75, 3.05) is 26.4 Å². The van der Waals surface area contributed by atoms with E-state index in [1.165, 1.54) is 186 Å². The van der Waals surface area contributed by atoms with E-state index in [1.807, 2.05) is 0 Å². The van der Waals surface area contributed by atoms with Crippen LogP contribution in [0.3, 0.4) is 0 Å². The summed E-state index contributed by atoms with van der Waals surface area (Å²) in [6.45, 7) is 3.75. The third kappa shape index (κ3) is 49.7. The summed E-state index contributed by atoms with van der Waals surface area (Å²) in [6, 6.07) is 0. The minimum atomic E-state index is -4.38. The number of phosphoric acid groups is 1. The van der Waals surface area contributed by atoms with E-state index in [4.69, 9.17) is 24.3 Å². The van der Waals surface area contributed by atoms with Gasteiger partial charge in [-0.2, -0.15) is 0 Å². The van der Waals surface area contributed by atoms with E-state index >= 15 is 0 Å². The number of allylic oxidation sites excluding steroid dienone is 6. The monoisotopic (exact) mass is 924 g/mol. The van der Waals surface area contributed by atoms with E-state index in [0.717, 1.165) is 44.9 Å². The fourth-order valence-corrected chi connectivity index (χ4v) is 8.53. The molecule has 64 heavy (non-hydrogen) atoms. The quantitative estimate of drug-likeness (QED) is 0.0265. The lowest BCUT2D eigenvalue weighted by Crippen LogP contribution is -2.29. The molecule has 10 heteroatoms. The highest BCUT2D eigenvalue weighted by molar-refractivity contribution is 7.47. The molecule has 3 N–H and O–H groups in total. The van der Waals surface area contributed by atoms with E-state index in [9.17, 15) is 19.0 Å². The minimum absolute atomic E-state index is 0.0552. The largest absolute Gasteiger partial charge is 0.472 e. The zero-order valence-electron chi connectivity index (χ0n) is 41.8. The molecule has 2 atom stereocenters. The van der Waals surface area contributed by atoms with Gasteiger partial charge in [-0.05, 0) is 51.4 Å². The highest BCUT2D eigenvalue weighted by Crippen LogP contribution is 2.43. The maximum absolute atomic E-state index is 12.7. The van der Waals surface area contributed by atoms with Crippen LogP contribution in [0.5, 0.6) is 0 Å². The van der Waals surface area contributed by atoms with E-state index in [2.05, 4.69) is 50.3 Å². The summed E-state index contributed by atoms with van der Waals surface area (Å²) >= 11 is 0. The minimum Gasteiger partial charge on any atom is -0.462 e. The van der Waals surface area contributed by atoms with Crippen molar-refractivity contribution in [1.82, 2.24) is 0 Å². The molecule has 0 aromatic rings. The van der Waals surface area contributed by atoms with Gasteiger partial charge in [0.05, 0.1) is 13.2 Å². The number of ether oxygens (including phenoxy) is 2. The van der Waals surface area contributed by atoms with Gasteiger partial charge in [0.25, 0.3) is 0 Å². The number of phosphoric ester groups is 1. The van der Waals surface area contributed by atoms with Gasteiger partial charge < -0.3 is 20.1 Å². The van der Waals surface area contributed by atoms with Crippen LogP contribution in [0, 0.1) is 0 Å². The van der Waals surface area contributed by atoms with Gasteiger partial charge in [0.2, 0.25) is 0 Å². The summed E-state index contributed by atoms with van der Waals surface area (Å²) in [4.78, 5) is 35.0. The number of hydrogen-bond donors (Lipinski definition) is 2. The van der Waals surface area contributed by atoms with Crippen LogP contribution in [-0.4, -0.2) is 49.3 Å². The van der Waals surface area contributed by atoms with E-state index in [1.54, 1.807) is 0 Å². The first-order chi connectivity index (χ1) is 31.3. The molecule has 376 valence electrons. The highest BCUT2D eigenvalue weighted by Gasteiger charge is 2.26. The van der Waals surface area contributed by atoms with E-state index in [0.29, 0.717) is 6.42 Å². The van der Waals surface area contributed by atoms with Crippen molar-refractivity contribution in [3.8, 4) is 0 Å². The molecule has 2 unspecified atom stereocenters. The second-order valence-electron chi connectivity index (χ2n) is 18.1. The molecule has 0 aromatic heterocycles. The fraction of sp³-hybridized carbons (Fsp3) is 0.852. The number of esters is 2. The third-order valence-corrected chi connectivity index (χ3v) is 12.8. The van der Waals surface area contributed by atoms with Gasteiger partial charge in [0.1, 0.15) is 6.61 Å². The lowest BCUT2D eigenvalue weighted by Gasteiger charge is -2.19. The van der Waals surface area contributed by atoms with Crippen molar-refractivity contribution in [1.29, 1.82) is 0 Å². The molecule has 0 saturated carbocycles. The molecule has 0 spiro atoms. The van der Waals surface area contributed by atoms with Gasteiger partial charge in [0.15, 0.2) is 6.10 Å². The topological polar surface area (TPSA) is 134 Å². The van der Waals surface area contributed by atoms with Crippen LogP contribution < -0.4 is 5.73 Å². The summed E-state index contributed by atoms with van der Waals surface area (Å²) in [5.74, 6) is -0.817. The zero-order chi connectivity index (χ0) is 46.7. The van der Waals surface area contributed by atoms with Crippen molar-refractivity contribution in [3.05, 3.63) is 36.5 Å². The van der Waals surface area contributed by atoms with Crippen LogP contribution in [0.2, 0.25) is 0 Å². The molecule has 0 saturated heterocycles. The fourth-order valence-electron chi connectivity index (χ4n) is 7.76. The number of unbranched alkanes of at least 4 members (excludes halogenated alkanes) is 32. The lowest BCUT2D eigenvalue weighted by molar-refractivity contribution is -0.161. The van der Waals surface area contributed by atoms with E-state index < -0.39 is 26.5 Å². The van der Waals surface area contributed by atoms with Crippen molar-refractivity contribution in [2.24, 2.45) is 5.73 Å². The third-order valence-electron chi connectivity index (χ3n) is 11.8. The lowest BCUT2D eigenvalue weighted by atomic mass is 10.0. The van der Waals surface area contributed by atoms with Crippen molar-refractivity contribution in [2.45, 2.75) is 270 Å². The van der Waals surface area contributed by atoms with Crippen LogP contribution in [0.1, 0.15) is 264 Å². The predicted octanol–water partition coefficient (Wildman–Crippen LogP) is 16.5. The first kappa shape index (κ1) is 62.2. The Morgan fingerprint density at radius 1 is 0.469 bits per heavy atom. The summed E-state index contributed by atoms with van der Waals surface area (Å²) < 4.78 is 32.9. The van der Waals surface area contributed by atoms with Gasteiger partial charge in [-0.25, -0.2) is 4.57 Å². The molecule has 0 rings (SSSR count). The molecule has 0 heterocycles. The SMILES string of the molecule is CCCCCCC/C=C\C/C=C\C/C=C\CCCCCCCCCCCCCCCCCCC(=O)OC(COC(=O)CCCCCCCCCCCCCC)COP(=O)(O)OCCN. The molecular formula is C54H102NO8P. The summed E-state index contributed by atoms with van der Waals surface area (Å²) in [5.41, 5.74) is 5.36. The molecule has 0 aliphatic rings. The van der Waals surface area contributed by atoms with Gasteiger partial charge in [-0.3, -0.25) is 18.6 Å². The Labute approximate surface area is 394 Å². The Morgan fingerprint density at radius 3 is 1.20 bits per heavy atom. The molecule has 0 fully saturated rings. The summed E-state index contributed by atoms with van der Waals surface area (Å²) in [6.07, 6.45) is 59.2. The number of hydrogen-bond acceptors (Lipinski definition) is 8. The summed E-state index contributed by atoms with van der Waals surface area (Å²) in [5, 5.41) is 0. The molecule has 0 aromatic carbocycles. The van der Waals surface area contributed by atoms with Crippen LogP contribution in [0.4, 0.5) is 0 Å². The van der Waals surface area contributed by atoms with Crippen molar-refractivity contribution < 1.29 is 37.6 Å². The number of nitrogens with two attached hydrogens (primary N) is 1. The molecule has 0 radical (unpaired) electrons. The highest BCUT2D eigenvalue weighted by atomic mass is 31.2. The molecule has 0 aliphatic carbocycles. The zero-order valence-corrected chi connectivity index (χ0v) is 42.7. The predicted molar refractivity (Wildman–Crippen MR) is 270 cm³/mol. The van der Waals surface area contributed by atoms with Crippen LogP contribution in [0.25, 0.3) is 0 Å². The summed E-state index contributed by atoms with van der Waals surface area (Å²) in [7, 11) is -4.38. The normalized spacial score (nSPS) is 13.4. The molecular weight excluding hydrogens is 822 g/mol. The molecule has 0 aliphatic heterocycles. The van der Waals surface area contributed by atoms with E-state index in [-0.39, 0.29) is 38.6 Å². The molecule has 9 nitrogen and oxygen atoms in total. The Balaban J connectivity index is 3.88. The Hall–Kier alpha value is -1.77. The average molecular weight is 924 g/mol. The maximum atomic E-state index is 12.7. The standard InChI is InChI=1S/C54H102NO8P/c1-3-5-7-9-11-13-15-17-18-19-20-21-22-23-24-25-26-27-28-29-30-31-32-33-34-35-37-39-41-43-45-47-54(57)63-52(51-62-64(58,59)61-49-48-55)50-60-53(56)46-44-42-40-38-36-16-14-12-10-8-6-4-2/h15,17,19-20,22-23,52H,3-14,16,18,21,24-51,55H2,1-2H3,(H,58,59)/b17-15-,20-19-,23-22-. The second-order valence-corrected chi connectivity index (χ2v) is 19.6. The number of rotatable bonds is 51. The number of carbonyl (C=O) groups excluding carboxylic acids is 2. The first-order valence-corrected chi connectivity index (χ1v) is 28.5. The van der Waals surface area contributed by atoms with Crippen LogP contribution in [-0.2, 0) is 32.7 Å². The maximum Gasteiger partial charge on any atom is 0.472 e. The number of carbonyl (C=O) groups is 2. The Morgan fingerprint density at radius 2 is 0.812 bits per heavy atom. The van der Waals surface area contributed by atoms with Gasteiger partial charge in [0, 0.05) is 19.4 Å². The Kier molecular flexibility index (Phi) is 49.2. The first-order valence-electron chi connectivity index (χ1n) is 27.0. The second kappa shape index (κ2) is 50.6. The molecule has 0 amide bonds. The van der Waals surface area contributed by atoms with Gasteiger partial charge in [-0.1, -0.05) is 237 Å². The van der Waals surface area contributed by atoms with Crippen LogP contribution >= 0.6 is 7.82 Å². The van der Waals surface area contributed by atoms with Crippen LogP contribution in [0.15, 0.2) is 36.5 Å². The van der Waals surface area contributed by atoms with Crippen molar-refractivity contribution in [3.63, 3.8) is 0 Å². The molecule has 0 bridgehead atoms. The Bertz CT molecular complexity index is 1140. The van der Waals surface area contributed by atoms with Gasteiger partial charge in [-0.15, -0.1) is 0 Å². The van der Waals surface area contributed by atoms with Gasteiger partial charge >= 0.3 is 19.8 Å².